The van der Waals surface area contributed by atoms with Crippen molar-refractivity contribution in [1.82, 2.24) is 5.32 Å². The molecule has 5 N–H and O–H groups in total. The molecule has 0 fully saturated rings. The number of aliphatic hydroxyl groups excluding tert-OH is 1. The predicted octanol–water partition coefficient (Wildman–Crippen LogP) is 0.655. The van der Waals surface area contributed by atoms with Gasteiger partial charge in [-0.15, -0.1) is 0 Å². The van der Waals surface area contributed by atoms with Crippen LogP contribution >= 0.6 is 0 Å². The summed E-state index contributed by atoms with van der Waals surface area (Å²) in [6, 6.07) is 4.42. The number of hydrogen-bond acceptors (Lipinski definition) is 3. The number of amides is 2. The first-order valence-electron chi connectivity index (χ1n) is 5.23. The number of carbonyl (C=O) groups excluding carboxylic acids is 1. The highest BCUT2D eigenvalue weighted by atomic mass is 19.1. The van der Waals surface area contributed by atoms with Crippen molar-refractivity contribution in [2.75, 3.05) is 11.9 Å². The molecule has 0 saturated carbocycles. The minimum atomic E-state index is -0.693. The average molecular weight is 241 g/mol. The van der Waals surface area contributed by atoms with Crippen LogP contribution in [-0.2, 0) is 0 Å². The molecule has 1 rings (SSSR count). The molecule has 5 nitrogen and oxygen atoms in total. The molecule has 0 bridgehead atoms. The fourth-order valence-corrected chi connectivity index (χ4v) is 1.09. The van der Waals surface area contributed by atoms with Crippen molar-refractivity contribution in [1.29, 1.82) is 0 Å². The number of halogens is 1. The van der Waals surface area contributed by atoms with Crippen LogP contribution in [0, 0.1) is 5.82 Å². The lowest BCUT2D eigenvalue weighted by Crippen LogP contribution is -2.44. The third-order valence-electron chi connectivity index (χ3n) is 2.22. The van der Waals surface area contributed by atoms with Gasteiger partial charge in [-0.2, -0.15) is 0 Å². The van der Waals surface area contributed by atoms with Gasteiger partial charge in [-0.1, -0.05) is 0 Å². The zero-order valence-corrected chi connectivity index (χ0v) is 9.48. The molecule has 0 aliphatic heterocycles. The van der Waals surface area contributed by atoms with E-state index in [0.717, 1.165) is 0 Å². The van der Waals surface area contributed by atoms with Crippen LogP contribution in [0.5, 0.6) is 0 Å². The molecule has 0 heterocycles. The Kier molecular flexibility index (Phi) is 4.86. The van der Waals surface area contributed by atoms with Gasteiger partial charge in [0.25, 0.3) is 0 Å². The predicted molar refractivity (Wildman–Crippen MR) is 63.1 cm³/mol. The van der Waals surface area contributed by atoms with Gasteiger partial charge in [-0.05, 0) is 31.2 Å². The Labute approximate surface area is 98.8 Å². The van der Waals surface area contributed by atoms with E-state index >= 15 is 0 Å². The third-order valence-corrected chi connectivity index (χ3v) is 2.22. The molecule has 0 saturated heterocycles. The zero-order valence-electron chi connectivity index (χ0n) is 9.48. The van der Waals surface area contributed by atoms with Crippen molar-refractivity contribution < 1.29 is 14.3 Å². The maximum atomic E-state index is 12.6. The minimum absolute atomic E-state index is 0.157. The molecular weight excluding hydrogens is 225 g/mol. The van der Waals surface area contributed by atoms with Gasteiger partial charge in [-0.25, -0.2) is 9.18 Å². The van der Waals surface area contributed by atoms with Crippen molar-refractivity contribution in [3.8, 4) is 0 Å². The second kappa shape index (κ2) is 6.17. The lowest BCUT2D eigenvalue weighted by atomic mass is 10.2. The van der Waals surface area contributed by atoms with Gasteiger partial charge in [0, 0.05) is 18.3 Å². The molecule has 17 heavy (non-hydrogen) atoms. The number of anilines is 1. The Balaban J connectivity index is 2.37. The fraction of sp³-hybridized carbons (Fsp3) is 0.364. The number of aliphatic hydroxyl groups is 1. The van der Waals surface area contributed by atoms with Gasteiger partial charge in [-0.3, -0.25) is 0 Å². The van der Waals surface area contributed by atoms with Gasteiger partial charge in [0.05, 0.1) is 6.10 Å². The van der Waals surface area contributed by atoms with Gasteiger partial charge < -0.3 is 21.5 Å². The summed E-state index contributed by atoms with van der Waals surface area (Å²) >= 11 is 0. The highest BCUT2D eigenvalue weighted by molar-refractivity contribution is 5.89. The summed E-state index contributed by atoms with van der Waals surface area (Å²) in [5, 5.41) is 14.1. The molecule has 0 spiro atoms. The summed E-state index contributed by atoms with van der Waals surface area (Å²) in [7, 11) is 0. The number of nitrogens with two attached hydrogens (primary N) is 1. The molecule has 0 aliphatic carbocycles. The number of rotatable bonds is 4. The number of hydrogen-bond donors (Lipinski definition) is 4. The fourth-order valence-electron chi connectivity index (χ4n) is 1.09. The Bertz CT molecular complexity index is 367. The van der Waals surface area contributed by atoms with Crippen molar-refractivity contribution >= 4 is 11.7 Å². The number of urea groups is 1. The van der Waals surface area contributed by atoms with Crippen molar-refractivity contribution in [3.05, 3.63) is 30.1 Å². The zero-order chi connectivity index (χ0) is 12.8. The second-order valence-electron chi connectivity index (χ2n) is 3.75. The highest BCUT2D eigenvalue weighted by Crippen LogP contribution is 2.07. The Morgan fingerprint density at radius 1 is 1.47 bits per heavy atom. The van der Waals surface area contributed by atoms with Crippen LogP contribution in [0.3, 0.4) is 0 Å². The Morgan fingerprint density at radius 2 is 2.06 bits per heavy atom. The van der Waals surface area contributed by atoms with Gasteiger partial charge in [0.2, 0.25) is 0 Å². The molecule has 2 atom stereocenters. The van der Waals surface area contributed by atoms with Crippen molar-refractivity contribution in [3.63, 3.8) is 0 Å². The second-order valence-corrected chi connectivity index (χ2v) is 3.75. The first kappa shape index (κ1) is 13.4. The van der Waals surface area contributed by atoms with Crippen molar-refractivity contribution in [2.45, 2.75) is 19.1 Å². The molecule has 0 radical (unpaired) electrons. The van der Waals surface area contributed by atoms with Crippen LogP contribution in [0.1, 0.15) is 6.92 Å². The van der Waals surface area contributed by atoms with Crippen molar-refractivity contribution in [2.24, 2.45) is 5.73 Å². The maximum absolute atomic E-state index is 12.6. The van der Waals surface area contributed by atoms with Gasteiger partial charge in [0.1, 0.15) is 5.82 Å². The van der Waals surface area contributed by atoms with E-state index in [1.807, 2.05) is 0 Å². The van der Waals surface area contributed by atoms with Crippen LogP contribution in [0.4, 0.5) is 14.9 Å². The Hall–Kier alpha value is -1.66. The van der Waals surface area contributed by atoms with E-state index in [1.165, 1.54) is 24.3 Å². The summed E-state index contributed by atoms with van der Waals surface area (Å²) in [6.07, 6.45) is -0.693. The standard InChI is InChI=1S/C11H16FN3O2/c1-7(16)10(13)6-14-11(17)15-9-4-2-8(12)3-5-9/h2-5,7,10,16H,6,13H2,1H3,(H2,14,15,17). The number of carbonyl (C=O) groups is 1. The lowest BCUT2D eigenvalue weighted by molar-refractivity contribution is 0.162. The lowest BCUT2D eigenvalue weighted by Gasteiger charge is -2.15. The first-order chi connectivity index (χ1) is 7.99. The number of nitrogens with one attached hydrogen (secondary N) is 2. The monoisotopic (exact) mass is 241 g/mol. The Morgan fingerprint density at radius 3 is 2.59 bits per heavy atom. The largest absolute Gasteiger partial charge is 0.392 e. The van der Waals surface area contributed by atoms with Gasteiger partial charge >= 0.3 is 6.03 Å². The highest BCUT2D eigenvalue weighted by Gasteiger charge is 2.10. The molecule has 2 unspecified atom stereocenters. The van der Waals surface area contributed by atoms with E-state index < -0.39 is 18.2 Å². The van der Waals surface area contributed by atoms with E-state index in [4.69, 9.17) is 10.8 Å². The van der Waals surface area contributed by atoms with E-state index in [2.05, 4.69) is 10.6 Å². The van der Waals surface area contributed by atoms with Crippen LogP contribution in [0.2, 0.25) is 0 Å². The summed E-state index contributed by atoms with van der Waals surface area (Å²) in [4.78, 5) is 11.4. The molecule has 2 amide bonds. The first-order valence-corrected chi connectivity index (χ1v) is 5.23. The molecule has 1 aromatic carbocycles. The topological polar surface area (TPSA) is 87.4 Å². The van der Waals surface area contributed by atoms with E-state index in [9.17, 15) is 9.18 Å². The summed E-state index contributed by atoms with van der Waals surface area (Å²) in [5.41, 5.74) is 6.02. The average Bonchev–Trinajstić information content (AvgIpc) is 2.29. The molecular formula is C11H16FN3O2. The smallest absolute Gasteiger partial charge is 0.319 e. The number of benzene rings is 1. The van der Waals surface area contributed by atoms with E-state index in [1.54, 1.807) is 6.92 Å². The van der Waals surface area contributed by atoms with Crippen LogP contribution in [0.25, 0.3) is 0 Å². The third kappa shape index (κ3) is 4.80. The quantitative estimate of drug-likeness (QED) is 0.624. The molecule has 94 valence electrons. The molecule has 0 aliphatic rings. The minimum Gasteiger partial charge on any atom is -0.392 e. The van der Waals surface area contributed by atoms with Crippen LogP contribution < -0.4 is 16.4 Å². The SMILES string of the molecule is CC(O)C(N)CNC(=O)Nc1ccc(F)cc1. The molecule has 1 aromatic rings. The molecule has 6 heteroatoms. The van der Waals surface area contributed by atoms with Gasteiger partial charge in [0.15, 0.2) is 0 Å². The normalized spacial score (nSPS) is 13.9. The summed E-state index contributed by atoms with van der Waals surface area (Å²) in [6.45, 7) is 1.70. The van der Waals surface area contributed by atoms with Crippen LogP contribution in [0.15, 0.2) is 24.3 Å². The summed E-state index contributed by atoms with van der Waals surface area (Å²) < 4.78 is 12.6. The maximum Gasteiger partial charge on any atom is 0.319 e. The van der Waals surface area contributed by atoms with Crippen LogP contribution in [-0.4, -0.2) is 29.8 Å². The summed E-state index contributed by atoms with van der Waals surface area (Å²) in [5.74, 6) is -0.368. The molecule has 0 aromatic heterocycles. The van der Waals surface area contributed by atoms with E-state index in [-0.39, 0.29) is 12.4 Å². The van der Waals surface area contributed by atoms with E-state index in [0.29, 0.717) is 5.69 Å².